The van der Waals surface area contributed by atoms with Gasteiger partial charge < -0.3 is 5.73 Å². The van der Waals surface area contributed by atoms with E-state index >= 15 is 0 Å². The molecule has 6 heteroatoms. The molecule has 0 bridgehead atoms. The van der Waals surface area contributed by atoms with Gasteiger partial charge in [-0.15, -0.1) is 11.8 Å². The lowest BCUT2D eigenvalue weighted by atomic mass is 10.2. The minimum absolute atomic E-state index is 0.00493. The van der Waals surface area contributed by atoms with Crippen LogP contribution < -0.4 is 5.73 Å². The largest absolute Gasteiger partial charge is 0.327 e. The third kappa shape index (κ3) is 4.31. The van der Waals surface area contributed by atoms with Gasteiger partial charge in [0.1, 0.15) is 5.82 Å². The summed E-state index contributed by atoms with van der Waals surface area (Å²) in [4.78, 5) is 0.906. The van der Waals surface area contributed by atoms with Gasteiger partial charge in [0, 0.05) is 30.2 Å². The summed E-state index contributed by atoms with van der Waals surface area (Å²) in [5.41, 5.74) is 8.37. The molecule has 0 aliphatic rings. The summed E-state index contributed by atoms with van der Waals surface area (Å²) in [7, 11) is 1.94. The Morgan fingerprint density at radius 2 is 2.24 bits per heavy atom. The highest BCUT2D eigenvalue weighted by atomic mass is 79.9. The fraction of sp³-hybridized carbons (Fsp3) is 0.400. The van der Waals surface area contributed by atoms with Crippen LogP contribution in [0.2, 0.25) is 0 Å². The fourth-order valence-corrected chi connectivity index (χ4v) is 3.78. The fourth-order valence-electron chi connectivity index (χ4n) is 2.11. The Morgan fingerprint density at radius 1 is 1.48 bits per heavy atom. The van der Waals surface area contributed by atoms with Gasteiger partial charge in [-0.05, 0) is 40.5 Å². The molecule has 3 nitrogen and oxygen atoms in total. The van der Waals surface area contributed by atoms with E-state index in [4.69, 9.17) is 5.73 Å². The van der Waals surface area contributed by atoms with E-state index in [0.717, 1.165) is 39.4 Å². The SMILES string of the molecule is CCc1nn(C)c(CC(N)CSc2cccc(F)c2)c1Br. The first-order valence-electron chi connectivity index (χ1n) is 6.85. The van der Waals surface area contributed by atoms with Crippen LogP contribution in [-0.4, -0.2) is 21.6 Å². The smallest absolute Gasteiger partial charge is 0.124 e. The van der Waals surface area contributed by atoms with E-state index in [1.54, 1.807) is 17.8 Å². The maximum Gasteiger partial charge on any atom is 0.124 e. The van der Waals surface area contributed by atoms with Crippen LogP contribution in [0.4, 0.5) is 4.39 Å². The molecule has 0 radical (unpaired) electrons. The lowest BCUT2D eigenvalue weighted by Gasteiger charge is -2.12. The number of benzene rings is 1. The van der Waals surface area contributed by atoms with Gasteiger partial charge in [-0.3, -0.25) is 4.68 Å². The van der Waals surface area contributed by atoms with Gasteiger partial charge in [0.15, 0.2) is 0 Å². The first-order chi connectivity index (χ1) is 10.0. The van der Waals surface area contributed by atoms with Gasteiger partial charge in [0.05, 0.1) is 15.9 Å². The molecule has 2 N–H and O–H groups in total. The van der Waals surface area contributed by atoms with Gasteiger partial charge in [0.25, 0.3) is 0 Å². The van der Waals surface area contributed by atoms with Crippen molar-refractivity contribution in [2.45, 2.75) is 30.7 Å². The van der Waals surface area contributed by atoms with E-state index in [1.165, 1.54) is 12.1 Å². The van der Waals surface area contributed by atoms with Gasteiger partial charge in [0.2, 0.25) is 0 Å². The molecule has 1 unspecified atom stereocenters. The molecule has 0 fully saturated rings. The molecule has 0 aliphatic heterocycles. The maximum atomic E-state index is 13.1. The second-order valence-corrected chi connectivity index (χ2v) is 6.80. The Morgan fingerprint density at radius 3 is 2.86 bits per heavy atom. The van der Waals surface area contributed by atoms with Crippen LogP contribution in [0.1, 0.15) is 18.3 Å². The molecule has 1 atom stereocenters. The number of hydrogen-bond acceptors (Lipinski definition) is 3. The highest BCUT2D eigenvalue weighted by Gasteiger charge is 2.15. The molecule has 1 aromatic carbocycles. The second-order valence-electron chi connectivity index (χ2n) is 4.92. The molecule has 1 aromatic heterocycles. The van der Waals surface area contributed by atoms with E-state index < -0.39 is 0 Å². The molecule has 21 heavy (non-hydrogen) atoms. The molecule has 2 aromatic rings. The number of hydrogen-bond donors (Lipinski definition) is 1. The molecule has 114 valence electrons. The monoisotopic (exact) mass is 371 g/mol. The zero-order valence-corrected chi connectivity index (χ0v) is 14.5. The number of thioether (sulfide) groups is 1. The molecule has 1 heterocycles. The minimum atomic E-state index is -0.212. The number of nitrogens with two attached hydrogens (primary N) is 1. The summed E-state index contributed by atoms with van der Waals surface area (Å²) in [6.07, 6.45) is 1.63. The van der Waals surface area contributed by atoms with Crippen LogP contribution in [0.5, 0.6) is 0 Å². The van der Waals surface area contributed by atoms with Gasteiger partial charge >= 0.3 is 0 Å². The highest BCUT2D eigenvalue weighted by molar-refractivity contribution is 9.10. The number of aryl methyl sites for hydroxylation is 2. The van der Waals surface area contributed by atoms with Gasteiger partial charge in [-0.25, -0.2) is 4.39 Å². The average molecular weight is 372 g/mol. The van der Waals surface area contributed by atoms with Crippen LogP contribution >= 0.6 is 27.7 Å². The highest BCUT2D eigenvalue weighted by Crippen LogP contribution is 2.24. The standard InChI is InChI=1S/C15H19BrFN3S/c1-3-13-15(16)14(20(2)19-13)8-11(18)9-21-12-6-4-5-10(17)7-12/h4-7,11H,3,8-9,18H2,1-2H3. The van der Waals surface area contributed by atoms with Crippen molar-refractivity contribution in [2.75, 3.05) is 5.75 Å². The normalized spacial score (nSPS) is 12.6. The predicted molar refractivity (Wildman–Crippen MR) is 89.1 cm³/mol. The van der Waals surface area contributed by atoms with E-state index in [9.17, 15) is 4.39 Å². The third-order valence-electron chi connectivity index (χ3n) is 3.22. The predicted octanol–water partition coefficient (Wildman–Crippen LogP) is 3.55. The zero-order chi connectivity index (χ0) is 15.4. The molecule has 0 spiro atoms. The van der Waals surface area contributed by atoms with Crippen LogP contribution in [0.15, 0.2) is 33.6 Å². The van der Waals surface area contributed by atoms with Crippen molar-refractivity contribution in [3.63, 3.8) is 0 Å². The van der Waals surface area contributed by atoms with Crippen LogP contribution in [0.3, 0.4) is 0 Å². The number of halogens is 2. The van der Waals surface area contributed by atoms with Crippen molar-refractivity contribution < 1.29 is 4.39 Å². The molecule has 0 saturated heterocycles. The minimum Gasteiger partial charge on any atom is -0.327 e. The van der Waals surface area contributed by atoms with Gasteiger partial charge in [-0.2, -0.15) is 5.10 Å². The van der Waals surface area contributed by atoms with Crippen molar-refractivity contribution >= 4 is 27.7 Å². The topological polar surface area (TPSA) is 43.8 Å². The quantitative estimate of drug-likeness (QED) is 0.789. The second kappa shape index (κ2) is 7.42. The van der Waals surface area contributed by atoms with Crippen molar-refractivity contribution in [1.82, 2.24) is 9.78 Å². The summed E-state index contributed by atoms with van der Waals surface area (Å²) in [5.74, 6) is 0.526. The maximum absolute atomic E-state index is 13.1. The van der Waals surface area contributed by atoms with Crippen molar-refractivity contribution in [1.29, 1.82) is 0 Å². The van der Waals surface area contributed by atoms with E-state index in [1.807, 2.05) is 17.8 Å². The van der Waals surface area contributed by atoms with E-state index in [0.29, 0.717) is 0 Å². The lowest BCUT2D eigenvalue weighted by molar-refractivity contribution is 0.624. The Hall–Kier alpha value is -0.850. The molecular weight excluding hydrogens is 353 g/mol. The summed E-state index contributed by atoms with van der Waals surface area (Å²) in [5, 5.41) is 4.47. The van der Waals surface area contributed by atoms with Gasteiger partial charge in [-0.1, -0.05) is 13.0 Å². The first-order valence-corrected chi connectivity index (χ1v) is 8.63. The summed E-state index contributed by atoms with van der Waals surface area (Å²) in [6, 6.07) is 6.59. The molecule has 0 saturated carbocycles. The number of rotatable bonds is 6. The molecule has 0 amide bonds. The average Bonchev–Trinajstić information content (AvgIpc) is 2.72. The lowest BCUT2D eigenvalue weighted by Crippen LogP contribution is -2.26. The third-order valence-corrected chi connectivity index (χ3v) is 5.32. The van der Waals surface area contributed by atoms with Crippen LogP contribution in [-0.2, 0) is 19.9 Å². The Labute approximate surface area is 137 Å². The van der Waals surface area contributed by atoms with Crippen molar-refractivity contribution in [3.05, 3.63) is 45.9 Å². The number of nitrogens with zero attached hydrogens (tertiary/aromatic N) is 2. The van der Waals surface area contributed by atoms with Crippen LogP contribution in [0.25, 0.3) is 0 Å². The van der Waals surface area contributed by atoms with Crippen molar-refractivity contribution in [2.24, 2.45) is 12.8 Å². The Bertz CT molecular complexity index is 615. The summed E-state index contributed by atoms with van der Waals surface area (Å²) >= 11 is 5.18. The summed E-state index contributed by atoms with van der Waals surface area (Å²) in [6.45, 7) is 2.08. The zero-order valence-electron chi connectivity index (χ0n) is 12.1. The van der Waals surface area contributed by atoms with E-state index in [2.05, 4.69) is 28.0 Å². The Balaban J connectivity index is 1.96. The molecular formula is C15H19BrFN3S. The first kappa shape index (κ1) is 16.5. The number of aromatic nitrogens is 2. The molecule has 2 rings (SSSR count). The van der Waals surface area contributed by atoms with Crippen molar-refractivity contribution in [3.8, 4) is 0 Å². The van der Waals surface area contributed by atoms with E-state index in [-0.39, 0.29) is 11.9 Å². The summed E-state index contributed by atoms with van der Waals surface area (Å²) < 4.78 is 16.1. The van der Waals surface area contributed by atoms with Crippen LogP contribution in [0, 0.1) is 5.82 Å². The Kier molecular flexibility index (Phi) is 5.84. The molecule has 0 aliphatic carbocycles.